The Balaban J connectivity index is 2.04. The van der Waals surface area contributed by atoms with Crippen LogP contribution in [0.3, 0.4) is 0 Å². The van der Waals surface area contributed by atoms with Crippen molar-refractivity contribution in [2.75, 3.05) is 13.1 Å². The second-order valence-corrected chi connectivity index (χ2v) is 5.01. The molecule has 1 rings (SSSR count). The number of nitrogens with one attached hydrogen (secondary N) is 2. The summed E-state index contributed by atoms with van der Waals surface area (Å²) >= 11 is 0. The minimum Gasteiger partial charge on any atom is -0.392 e. The third-order valence-electron chi connectivity index (χ3n) is 2.95. The van der Waals surface area contributed by atoms with Gasteiger partial charge in [0.1, 0.15) is 0 Å². The quantitative estimate of drug-likeness (QED) is 0.625. The van der Waals surface area contributed by atoms with Gasteiger partial charge in [0, 0.05) is 25.6 Å². The largest absolute Gasteiger partial charge is 0.392 e. The van der Waals surface area contributed by atoms with Crippen molar-refractivity contribution in [2.45, 2.75) is 51.7 Å². The zero-order chi connectivity index (χ0) is 12.0. The second-order valence-electron chi connectivity index (χ2n) is 5.01. The molecule has 0 aromatic rings. The molecule has 16 heavy (non-hydrogen) atoms. The van der Waals surface area contributed by atoms with Crippen molar-refractivity contribution >= 4 is 5.91 Å². The summed E-state index contributed by atoms with van der Waals surface area (Å²) in [6.45, 7) is 5.55. The molecular formula is C12H24N2O2. The summed E-state index contributed by atoms with van der Waals surface area (Å²) in [4.78, 5) is 11.4. The standard InChI is InChI=1S/C12H24N2O2/c1-9(2)8-14-12(16)6-7-13-10-4-3-5-11(10)15/h9-11,13,15H,3-8H2,1-2H3,(H,14,16)/t10-,11-/m1/s1. The van der Waals surface area contributed by atoms with E-state index in [0.29, 0.717) is 18.9 Å². The number of hydrogen-bond donors (Lipinski definition) is 3. The Morgan fingerprint density at radius 1 is 1.44 bits per heavy atom. The molecule has 1 fully saturated rings. The number of carbonyl (C=O) groups excluding carboxylic acids is 1. The van der Waals surface area contributed by atoms with Gasteiger partial charge in [0.15, 0.2) is 0 Å². The van der Waals surface area contributed by atoms with Crippen molar-refractivity contribution in [2.24, 2.45) is 5.92 Å². The summed E-state index contributed by atoms with van der Waals surface area (Å²) < 4.78 is 0. The molecular weight excluding hydrogens is 204 g/mol. The second kappa shape index (κ2) is 6.86. The molecule has 0 bridgehead atoms. The van der Waals surface area contributed by atoms with E-state index in [1.807, 2.05) is 0 Å². The van der Waals surface area contributed by atoms with E-state index in [0.717, 1.165) is 25.8 Å². The van der Waals surface area contributed by atoms with Crippen LogP contribution in [0.15, 0.2) is 0 Å². The number of rotatable bonds is 6. The van der Waals surface area contributed by atoms with Crippen molar-refractivity contribution in [3.8, 4) is 0 Å². The van der Waals surface area contributed by atoms with Gasteiger partial charge in [-0.1, -0.05) is 13.8 Å². The third kappa shape index (κ3) is 4.94. The minimum atomic E-state index is -0.223. The first kappa shape index (κ1) is 13.5. The molecule has 4 nitrogen and oxygen atoms in total. The lowest BCUT2D eigenvalue weighted by molar-refractivity contribution is -0.121. The van der Waals surface area contributed by atoms with E-state index in [9.17, 15) is 9.90 Å². The Morgan fingerprint density at radius 3 is 2.75 bits per heavy atom. The summed E-state index contributed by atoms with van der Waals surface area (Å²) in [6.07, 6.45) is 3.26. The van der Waals surface area contributed by atoms with Crippen LogP contribution < -0.4 is 10.6 Å². The average molecular weight is 228 g/mol. The van der Waals surface area contributed by atoms with Gasteiger partial charge in [-0.2, -0.15) is 0 Å². The number of aliphatic hydroxyl groups excluding tert-OH is 1. The van der Waals surface area contributed by atoms with Crippen LogP contribution in [0.1, 0.15) is 39.5 Å². The zero-order valence-corrected chi connectivity index (χ0v) is 10.3. The highest BCUT2D eigenvalue weighted by Crippen LogP contribution is 2.18. The molecule has 4 heteroatoms. The lowest BCUT2D eigenvalue weighted by atomic mass is 10.2. The summed E-state index contributed by atoms with van der Waals surface area (Å²) in [6, 6.07) is 0.192. The van der Waals surface area contributed by atoms with Gasteiger partial charge in [-0.25, -0.2) is 0 Å². The Kier molecular flexibility index (Phi) is 5.77. The smallest absolute Gasteiger partial charge is 0.221 e. The predicted octanol–water partition coefficient (Wildman–Crippen LogP) is 0.652. The highest BCUT2D eigenvalue weighted by molar-refractivity contribution is 5.76. The predicted molar refractivity (Wildman–Crippen MR) is 64.1 cm³/mol. The SMILES string of the molecule is CC(C)CNC(=O)CCN[C@@H]1CCC[C@H]1O. The average Bonchev–Trinajstić information content (AvgIpc) is 2.61. The molecule has 1 aliphatic rings. The minimum absolute atomic E-state index is 0.0914. The highest BCUT2D eigenvalue weighted by atomic mass is 16.3. The van der Waals surface area contributed by atoms with E-state index in [-0.39, 0.29) is 18.1 Å². The first-order chi connectivity index (χ1) is 7.59. The van der Waals surface area contributed by atoms with Crippen LogP contribution in [0.4, 0.5) is 0 Å². The van der Waals surface area contributed by atoms with Crippen LogP contribution in [-0.2, 0) is 4.79 Å². The van der Waals surface area contributed by atoms with E-state index >= 15 is 0 Å². The Labute approximate surface area is 97.8 Å². The fourth-order valence-corrected chi connectivity index (χ4v) is 1.96. The molecule has 0 unspecified atom stereocenters. The normalized spacial score (nSPS) is 25.0. The molecule has 1 amide bonds. The van der Waals surface area contributed by atoms with E-state index in [1.54, 1.807) is 0 Å². The number of amides is 1. The van der Waals surface area contributed by atoms with Crippen LogP contribution in [0.25, 0.3) is 0 Å². The monoisotopic (exact) mass is 228 g/mol. The third-order valence-corrected chi connectivity index (χ3v) is 2.95. The molecule has 0 aromatic carbocycles. The van der Waals surface area contributed by atoms with Crippen molar-refractivity contribution in [1.29, 1.82) is 0 Å². The van der Waals surface area contributed by atoms with Gasteiger partial charge in [-0.15, -0.1) is 0 Å². The molecule has 0 aromatic heterocycles. The van der Waals surface area contributed by atoms with E-state index in [2.05, 4.69) is 24.5 Å². The first-order valence-electron chi connectivity index (χ1n) is 6.27. The van der Waals surface area contributed by atoms with Crippen LogP contribution in [0.5, 0.6) is 0 Å². The fraction of sp³-hybridized carbons (Fsp3) is 0.917. The number of carbonyl (C=O) groups is 1. The molecule has 0 spiro atoms. The van der Waals surface area contributed by atoms with Gasteiger partial charge in [-0.05, 0) is 25.2 Å². The summed E-state index contributed by atoms with van der Waals surface area (Å²) in [5.41, 5.74) is 0. The van der Waals surface area contributed by atoms with Crippen molar-refractivity contribution < 1.29 is 9.90 Å². The topological polar surface area (TPSA) is 61.4 Å². The molecule has 0 saturated heterocycles. The van der Waals surface area contributed by atoms with Crippen molar-refractivity contribution in [1.82, 2.24) is 10.6 Å². The molecule has 2 atom stereocenters. The maximum absolute atomic E-state index is 11.4. The first-order valence-corrected chi connectivity index (χ1v) is 6.27. The van der Waals surface area contributed by atoms with Gasteiger partial charge in [-0.3, -0.25) is 4.79 Å². The van der Waals surface area contributed by atoms with Gasteiger partial charge >= 0.3 is 0 Å². The maximum atomic E-state index is 11.4. The number of hydrogen-bond acceptors (Lipinski definition) is 3. The van der Waals surface area contributed by atoms with E-state index in [4.69, 9.17) is 0 Å². The molecule has 0 aliphatic heterocycles. The van der Waals surface area contributed by atoms with Crippen LogP contribution >= 0.6 is 0 Å². The van der Waals surface area contributed by atoms with E-state index in [1.165, 1.54) is 0 Å². The Morgan fingerprint density at radius 2 is 2.19 bits per heavy atom. The molecule has 1 aliphatic carbocycles. The highest BCUT2D eigenvalue weighted by Gasteiger charge is 2.24. The summed E-state index contributed by atoms with van der Waals surface area (Å²) in [5.74, 6) is 0.585. The fourth-order valence-electron chi connectivity index (χ4n) is 1.96. The molecule has 3 N–H and O–H groups in total. The molecule has 1 saturated carbocycles. The maximum Gasteiger partial charge on any atom is 0.221 e. The molecule has 0 heterocycles. The Hall–Kier alpha value is -0.610. The lowest BCUT2D eigenvalue weighted by Crippen LogP contribution is -2.38. The van der Waals surface area contributed by atoms with Gasteiger partial charge < -0.3 is 15.7 Å². The summed E-state index contributed by atoms with van der Waals surface area (Å²) in [5, 5.41) is 15.7. The van der Waals surface area contributed by atoms with Crippen molar-refractivity contribution in [3.63, 3.8) is 0 Å². The molecule has 0 radical (unpaired) electrons. The molecule has 94 valence electrons. The Bertz CT molecular complexity index is 219. The lowest BCUT2D eigenvalue weighted by Gasteiger charge is -2.16. The summed E-state index contributed by atoms with van der Waals surface area (Å²) in [7, 11) is 0. The zero-order valence-electron chi connectivity index (χ0n) is 10.3. The van der Waals surface area contributed by atoms with Crippen LogP contribution in [-0.4, -0.2) is 36.2 Å². The van der Waals surface area contributed by atoms with Gasteiger partial charge in [0.2, 0.25) is 5.91 Å². The van der Waals surface area contributed by atoms with Gasteiger partial charge in [0.25, 0.3) is 0 Å². The van der Waals surface area contributed by atoms with Crippen molar-refractivity contribution in [3.05, 3.63) is 0 Å². The van der Waals surface area contributed by atoms with Gasteiger partial charge in [0.05, 0.1) is 6.10 Å². The van der Waals surface area contributed by atoms with E-state index < -0.39 is 0 Å². The number of aliphatic hydroxyl groups is 1. The van der Waals surface area contributed by atoms with Crippen LogP contribution in [0.2, 0.25) is 0 Å². The van der Waals surface area contributed by atoms with Crippen LogP contribution in [0, 0.1) is 5.92 Å².